The van der Waals surface area contributed by atoms with Gasteiger partial charge in [0.1, 0.15) is 0 Å². The molecule has 1 N–H and O–H groups in total. The highest BCUT2D eigenvalue weighted by Gasteiger charge is 2.28. The zero-order valence-electron chi connectivity index (χ0n) is 13.5. The topological polar surface area (TPSA) is 32.3 Å². The van der Waals surface area contributed by atoms with Gasteiger partial charge in [0.25, 0.3) is 0 Å². The molecule has 0 aromatic heterocycles. The lowest BCUT2D eigenvalue weighted by molar-refractivity contribution is -0.117. The van der Waals surface area contributed by atoms with E-state index in [1.54, 1.807) is 11.8 Å². The molecule has 3 rings (SSSR count). The van der Waals surface area contributed by atoms with Crippen LogP contribution in [-0.2, 0) is 4.79 Å². The molecule has 0 fully saturated rings. The fourth-order valence-corrected chi connectivity index (χ4v) is 3.45. The molecule has 5 heteroatoms. The molecule has 23 heavy (non-hydrogen) atoms. The molecule has 1 aliphatic rings. The Morgan fingerprint density at radius 2 is 1.48 bits per heavy atom. The van der Waals surface area contributed by atoms with Crippen molar-refractivity contribution in [1.29, 1.82) is 0 Å². The Morgan fingerprint density at radius 1 is 1.00 bits per heavy atom. The van der Waals surface area contributed by atoms with Crippen molar-refractivity contribution in [2.24, 2.45) is 0 Å². The molecule has 0 saturated carbocycles. The minimum atomic E-state index is -0.0841. The lowest BCUT2D eigenvalue weighted by Gasteiger charge is -2.32. The lowest BCUT2D eigenvalue weighted by Crippen LogP contribution is -2.44. The van der Waals surface area contributed by atoms with Crippen LogP contribution in [0.4, 0.5) is 11.4 Å². The summed E-state index contributed by atoms with van der Waals surface area (Å²) in [4.78, 5) is 16.9. The SMILES string of the molecule is CC(C)(C)NCC(=O)N1c2ccccc2Sc2ccccc21.Cl. The van der Waals surface area contributed by atoms with Crippen LogP contribution in [0.5, 0.6) is 0 Å². The first kappa shape index (κ1) is 17.9. The maximum Gasteiger partial charge on any atom is 0.245 e. The normalized spacial score (nSPS) is 12.9. The molecule has 0 spiro atoms. The number of hydrogen-bond donors (Lipinski definition) is 1. The molecule has 0 aliphatic carbocycles. The van der Waals surface area contributed by atoms with Crippen LogP contribution in [-0.4, -0.2) is 18.0 Å². The summed E-state index contributed by atoms with van der Waals surface area (Å²) in [6.07, 6.45) is 0. The van der Waals surface area contributed by atoms with Crippen LogP contribution in [0.15, 0.2) is 58.3 Å². The fourth-order valence-electron chi connectivity index (χ4n) is 2.39. The highest BCUT2D eigenvalue weighted by Crippen LogP contribution is 2.47. The third kappa shape index (κ3) is 3.89. The number of anilines is 2. The number of nitrogens with zero attached hydrogens (tertiary/aromatic N) is 1. The summed E-state index contributed by atoms with van der Waals surface area (Å²) in [5.41, 5.74) is 1.85. The van der Waals surface area contributed by atoms with Gasteiger partial charge in [0.05, 0.1) is 17.9 Å². The highest BCUT2D eigenvalue weighted by atomic mass is 35.5. The van der Waals surface area contributed by atoms with Crippen molar-refractivity contribution in [3.63, 3.8) is 0 Å². The van der Waals surface area contributed by atoms with Crippen LogP contribution in [0.25, 0.3) is 0 Å². The lowest BCUT2D eigenvalue weighted by atomic mass is 10.1. The van der Waals surface area contributed by atoms with Crippen molar-refractivity contribution >= 4 is 41.5 Å². The van der Waals surface area contributed by atoms with E-state index in [-0.39, 0.29) is 23.9 Å². The Hall–Kier alpha value is -1.49. The number of hydrogen-bond acceptors (Lipinski definition) is 3. The Labute approximate surface area is 147 Å². The summed E-state index contributed by atoms with van der Waals surface area (Å²) in [5, 5.41) is 3.28. The van der Waals surface area contributed by atoms with E-state index in [4.69, 9.17) is 0 Å². The van der Waals surface area contributed by atoms with Gasteiger partial charge in [-0.3, -0.25) is 9.69 Å². The summed E-state index contributed by atoms with van der Waals surface area (Å²) < 4.78 is 0. The predicted octanol–water partition coefficient (Wildman–Crippen LogP) is 4.63. The molecule has 0 bridgehead atoms. The van der Waals surface area contributed by atoms with Gasteiger partial charge in [-0.2, -0.15) is 0 Å². The Kier molecular flexibility index (Phi) is 5.40. The van der Waals surface area contributed by atoms with Crippen LogP contribution < -0.4 is 10.2 Å². The Balaban J connectivity index is 0.00000192. The van der Waals surface area contributed by atoms with E-state index < -0.39 is 0 Å². The molecule has 0 saturated heterocycles. The minimum Gasteiger partial charge on any atom is -0.304 e. The molecule has 0 unspecified atom stereocenters. The Morgan fingerprint density at radius 3 is 1.96 bits per heavy atom. The summed E-state index contributed by atoms with van der Waals surface area (Å²) in [6.45, 7) is 6.51. The largest absolute Gasteiger partial charge is 0.304 e. The van der Waals surface area contributed by atoms with Gasteiger partial charge in [-0.25, -0.2) is 0 Å². The smallest absolute Gasteiger partial charge is 0.245 e. The van der Waals surface area contributed by atoms with Gasteiger partial charge < -0.3 is 5.32 Å². The second-order valence-electron chi connectivity index (χ2n) is 6.37. The number of benzene rings is 2. The quantitative estimate of drug-likeness (QED) is 0.859. The van der Waals surface area contributed by atoms with Crippen LogP contribution in [0.1, 0.15) is 20.8 Å². The van der Waals surface area contributed by atoms with Gasteiger partial charge in [0, 0.05) is 15.3 Å². The summed E-state index contributed by atoms with van der Waals surface area (Å²) in [5.74, 6) is 0.0649. The number of amides is 1. The number of nitrogens with one attached hydrogen (secondary N) is 1. The molecular weight excluding hydrogens is 328 g/mol. The third-order valence-corrected chi connectivity index (χ3v) is 4.58. The Bertz CT molecular complexity index is 667. The van der Waals surface area contributed by atoms with Gasteiger partial charge in [-0.1, -0.05) is 36.0 Å². The first-order chi connectivity index (χ1) is 10.5. The second-order valence-corrected chi connectivity index (χ2v) is 7.45. The fraction of sp³-hybridized carbons (Fsp3) is 0.278. The standard InChI is InChI=1S/C18H20N2OS.ClH/c1-18(2,3)19-12-17(21)20-13-8-4-6-10-15(13)22-16-11-7-5-9-14(16)20;/h4-11,19H,12H2,1-3H3;1H. The molecular formula is C18H21ClN2OS. The van der Waals surface area contributed by atoms with Crippen LogP contribution >= 0.6 is 24.2 Å². The van der Waals surface area contributed by atoms with Crippen LogP contribution in [0, 0.1) is 0 Å². The van der Waals surface area contributed by atoms with Gasteiger partial charge >= 0.3 is 0 Å². The van der Waals surface area contributed by atoms with E-state index in [9.17, 15) is 4.79 Å². The monoisotopic (exact) mass is 348 g/mol. The highest BCUT2D eigenvalue weighted by molar-refractivity contribution is 7.99. The van der Waals surface area contributed by atoms with E-state index >= 15 is 0 Å². The number of para-hydroxylation sites is 2. The molecule has 1 heterocycles. The van der Waals surface area contributed by atoms with E-state index in [1.807, 2.05) is 41.3 Å². The van der Waals surface area contributed by atoms with Crippen LogP contribution in [0.3, 0.4) is 0 Å². The first-order valence-corrected chi connectivity index (χ1v) is 8.21. The van der Waals surface area contributed by atoms with Gasteiger partial charge in [-0.05, 0) is 45.0 Å². The molecule has 2 aromatic rings. The van der Waals surface area contributed by atoms with Crippen molar-refractivity contribution in [2.45, 2.75) is 36.1 Å². The van der Waals surface area contributed by atoms with Crippen LogP contribution in [0.2, 0.25) is 0 Å². The number of fused-ring (bicyclic) bond motifs is 2. The average Bonchev–Trinajstić information content (AvgIpc) is 2.49. The van der Waals surface area contributed by atoms with Crippen molar-refractivity contribution in [3.8, 4) is 0 Å². The molecule has 1 aliphatic heterocycles. The second kappa shape index (κ2) is 6.95. The maximum atomic E-state index is 12.8. The van der Waals surface area contributed by atoms with Crippen molar-refractivity contribution < 1.29 is 4.79 Å². The maximum absolute atomic E-state index is 12.8. The summed E-state index contributed by atoms with van der Waals surface area (Å²) in [6, 6.07) is 16.1. The molecule has 0 atom stereocenters. The van der Waals surface area contributed by atoms with E-state index in [2.05, 4.69) is 38.2 Å². The van der Waals surface area contributed by atoms with Crippen molar-refractivity contribution in [2.75, 3.05) is 11.4 Å². The summed E-state index contributed by atoms with van der Waals surface area (Å²) in [7, 11) is 0. The zero-order chi connectivity index (χ0) is 15.7. The van der Waals surface area contributed by atoms with Gasteiger partial charge in [-0.15, -0.1) is 12.4 Å². The van der Waals surface area contributed by atoms with Crippen molar-refractivity contribution in [3.05, 3.63) is 48.5 Å². The zero-order valence-corrected chi connectivity index (χ0v) is 15.1. The number of halogens is 1. The van der Waals surface area contributed by atoms with Crippen molar-refractivity contribution in [1.82, 2.24) is 5.32 Å². The first-order valence-electron chi connectivity index (χ1n) is 7.40. The molecule has 122 valence electrons. The van der Waals surface area contributed by atoms with E-state index in [0.717, 1.165) is 21.2 Å². The molecule has 0 radical (unpaired) electrons. The summed E-state index contributed by atoms with van der Waals surface area (Å²) >= 11 is 1.71. The number of carbonyl (C=O) groups is 1. The van der Waals surface area contributed by atoms with Gasteiger partial charge in [0.2, 0.25) is 5.91 Å². The molecule has 1 amide bonds. The number of carbonyl (C=O) groups excluding carboxylic acids is 1. The van der Waals surface area contributed by atoms with Gasteiger partial charge in [0.15, 0.2) is 0 Å². The third-order valence-electron chi connectivity index (χ3n) is 3.45. The van der Waals surface area contributed by atoms with E-state index in [0.29, 0.717) is 6.54 Å². The molecule has 3 nitrogen and oxygen atoms in total. The molecule has 2 aromatic carbocycles. The minimum absolute atomic E-state index is 0. The number of rotatable bonds is 2. The average molecular weight is 349 g/mol. The predicted molar refractivity (Wildman–Crippen MR) is 99.2 cm³/mol. The van der Waals surface area contributed by atoms with E-state index in [1.165, 1.54) is 0 Å².